The Kier molecular flexibility index (Phi) is 11.9. The molecule has 0 aliphatic heterocycles. The van der Waals surface area contributed by atoms with Crippen molar-refractivity contribution >= 4 is 12.1 Å². The van der Waals surface area contributed by atoms with Crippen molar-refractivity contribution in [3.05, 3.63) is 12.2 Å². The van der Waals surface area contributed by atoms with Crippen LogP contribution in [0, 0.1) is 0 Å². The summed E-state index contributed by atoms with van der Waals surface area (Å²) in [5.74, 6) is -0.796. The highest BCUT2D eigenvalue weighted by Crippen LogP contribution is 2.10. The number of halogens is 2. The van der Waals surface area contributed by atoms with Crippen LogP contribution < -0.4 is 5.73 Å². The number of nitrogens with two attached hydrogens (primary N) is 1. The lowest BCUT2D eigenvalue weighted by atomic mass is 10.0. The lowest BCUT2D eigenvalue weighted by Crippen LogP contribution is -2.42. The highest BCUT2D eigenvalue weighted by atomic mass is 19.3. The summed E-state index contributed by atoms with van der Waals surface area (Å²) in [6.07, 6.45) is 5.77. The molecule has 0 aromatic carbocycles. The van der Waals surface area contributed by atoms with Crippen LogP contribution in [-0.4, -0.2) is 35.7 Å². The topological polar surface area (TPSA) is 80.4 Å². The van der Waals surface area contributed by atoms with Crippen LogP contribution in [0.15, 0.2) is 12.2 Å². The molecule has 4 nitrogen and oxygen atoms in total. The lowest BCUT2D eigenvalue weighted by Gasteiger charge is -2.13. The van der Waals surface area contributed by atoms with E-state index in [1.54, 1.807) is 0 Å². The summed E-state index contributed by atoms with van der Waals surface area (Å²) >= 11 is 0. The van der Waals surface area contributed by atoms with E-state index in [2.05, 4.69) is 0 Å². The van der Waals surface area contributed by atoms with Gasteiger partial charge in [-0.1, -0.05) is 25.0 Å². The summed E-state index contributed by atoms with van der Waals surface area (Å²) in [7, 11) is 0. The molecular weight excluding hydrogens is 280 g/mol. The minimum Gasteiger partial charge on any atom is -0.391 e. The van der Waals surface area contributed by atoms with Crippen molar-refractivity contribution in [2.24, 2.45) is 5.73 Å². The molecule has 0 bridgehead atoms. The van der Waals surface area contributed by atoms with Crippen LogP contribution in [0.1, 0.15) is 51.4 Å². The molecule has 0 amide bonds. The minimum absolute atomic E-state index is 0.0203. The number of Topliss-reactive ketones (excluding diaryl/α,β-unsaturated/α-hetero) is 1. The van der Waals surface area contributed by atoms with Gasteiger partial charge in [0.25, 0.3) is 0 Å². The Morgan fingerprint density at radius 3 is 2.29 bits per heavy atom. The molecule has 0 aromatic rings. The van der Waals surface area contributed by atoms with E-state index in [9.17, 15) is 23.5 Å². The summed E-state index contributed by atoms with van der Waals surface area (Å²) in [4.78, 5) is 21.2. The third kappa shape index (κ3) is 11.2. The molecule has 6 heteroatoms. The van der Waals surface area contributed by atoms with Gasteiger partial charge in [0.05, 0.1) is 12.1 Å². The van der Waals surface area contributed by atoms with Crippen LogP contribution in [0.25, 0.3) is 0 Å². The van der Waals surface area contributed by atoms with Crippen molar-refractivity contribution < 1.29 is 23.5 Å². The molecule has 0 radical (unpaired) electrons. The van der Waals surface area contributed by atoms with E-state index in [1.807, 2.05) is 12.2 Å². The highest BCUT2D eigenvalue weighted by molar-refractivity contribution is 6.27. The number of unbranched alkanes of at least 4 members (excludes halogenated alkanes) is 4. The van der Waals surface area contributed by atoms with Gasteiger partial charge in [0.15, 0.2) is 6.29 Å². The Labute approximate surface area is 124 Å². The molecule has 2 unspecified atom stereocenters. The first kappa shape index (κ1) is 19.9. The van der Waals surface area contributed by atoms with Gasteiger partial charge in [0.1, 0.15) is 0 Å². The predicted molar refractivity (Wildman–Crippen MR) is 77.1 cm³/mol. The maximum absolute atomic E-state index is 11.9. The SMILES string of the molecule is NC(C(=O)C=O)C(O)CC/C=C/CCCCCCC(F)F. The zero-order chi connectivity index (χ0) is 16.1. The number of aliphatic hydroxyl groups is 1. The Balaban J connectivity index is 3.52. The number of rotatable bonds is 13. The monoisotopic (exact) mass is 305 g/mol. The molecule has 0 aromatic heterocycles. The number of hydrogen-bond acceptors (Lipinski definition) is 4. The number of carbonyl (C=O) groups is 2. The van der Waals surface area contributed by atoms with E-state index < -0.39 is 24.4 Å². The van der Waals surface area contributed by atoms with Gasteiger partial charge in [-0.2, -0.15) is 0 Å². The Bertz CT molecular complexity index is 322. The second kappa shape index (κ2) is 12.6. The fraction of sp³-hybridized carbons (Fsp3) is 0.733. The summed E-state index contributed by atoms with van der Waals surface area (Å²) in [6, 6.07) is -1.15. The summed E-state index contributed by atoms with van der Waals surface area (Å²) < 4.78 is 23.7. The number of ketones is 1. The van der Waals surface area contributed by atoms with Crippen molar-refractivity contribution in [3.8, 4) is 0 Å². The third-order valence-electron chi connectivity index (χ3n) is 3.20. The van der Waals surface area contributed by atoms with Gasteiger partial charge in [-0.05, 0) is 32.1 Å². The Morgan fingerprint density at radius 2 is 1.67 bits per heavy atom. The standard InChI is InChI=1S/C15H25F2NO3/c16-14(17)10-8-6-4-2-1-3-5-7-9-12(20)15(18)13(21)11-19/h3,5,11-12,14-15,20H,1-2,4,6-10,18H2/b5-3+. The summed E-state index contributed by atoms with van der Waals surface area (Å²) in [6.45, 7) is 0. The number of allylic oxidation sites excluding steroid dienone is 2. The van der Waals surface area contributed by atoms with Crippen LogP contribution in [0.5, 0.6) is 0 Å². The van der Waals surface area contributed by atoms with Crippen LogP contribution in [0.3, 0.4) is 0 Å². The maximum Gasteiger partial charge on any atom is 0.238 e. The zero-order valence-corrected chi connectivity index (χ0v) is 12.2. The fourth-order valence-corrected chi connectivity index (χ4v) is 1.86. The average molecular weight is 305 g/mol. The largest absolute Gasteiger partial charge is 0.391 e. The Hall–Kier alpha value is -1.14. The second-order valence-corrected chi connectivity index (χ2v) is 5.04. The third-order valence-corrected chi connectivity index (χ3v) is 3.20. The van der Waals surface area contributed by atoms with Crippen molar-refractivity contribution in [1.82, 2.24) is 0 Å². The molecule has 3 N–H and O–H groups in total. The first-order valence-corrected chi connectivity index (χ1v) is 7.34. The number of alkyl halides is 2. The molecule has 0 heterocycles. The molecule has 0 rings (SSSR count). The highest BCUT2D eigenvalue weighted by Gasteiger charge is 2.20. The molecule has 0 fully saturated rings. The van der Waals surface area contributed by atoms with Crippen molar-refractivity contribution in [2.45, 2.75) is 69.9 Å². The smallest absolute Gasteiger partial charge is 0.238 e. The number of aldehydes is 1. The quantitative estimate of drug-likeness (QED) is 0.237. The second-order valence-electron chi connectivity index (χ2n) is 5.04. The van der Waals surface area contributed by atoms with Crippen LogP contribution >= 0.6 is 0 Å². The predicted octanol–water partition coefficient (Wildman–Crippen LogP) is 2.38. The van der Waals surface area contributed by atoms with E-state index in [0.29, 0.717) is 19.3 Å². The van der Waals surface area contributed by atoms with Crippen molar-refractivity contribution in [2.75, 3.05) is 0 Å². The van der Waals surface area contributed by atoms with E-state index in [-0.39, 0.29) is 12.7 Å². The lowest BCUT2D eigenvalue weighted by molar-refractivity contribution is -0.132. The van der Waals surface area contributed by atoms with Gasteiger partial charge >= 0.3 is 0 Å². The molecule has 21 heavy (non-hydrogen) atoms. The van der Waals surface area contributed by atoms with Gasteiger partial charge in [0, 0.05) is 6.42 Å². The van der Waals surface area contributed by atoms with Crippen LogP contribution in [0.2, 0.25) is 0 Å². The Morgan fingerprint density at radius 1 is 1.05 bits per heavy atom. The fourth-order valence-electron chi connectivity index (χ4n) is 1.86. The van der Waals surface area contributed by atoms with Gasteiger partial charge in [-0.25, -0.2) is 8.78 Å². The minimum atomic E-state index is -2.20. The van der Waals surface area contributed by atoms with Gasteiger partial charge in [-0.15, -0.1) is 0 Å². The summed E-state index contributed by atoms with van der Waals surface area (Å²) in [5.41, 5.74) is 5.39. The van der Waals surface area contributed by atoms with E-state index in [4.69, 9.17) is 5.73 Å². The number of hydrogen-bond donors (Lipinski definition) is 2. The molecule has 0 saturated carbocycles. The molecule has 0 saturated heterocycles. The molecule has 0 aliphatic carbocycles. The van der Waals surface area contributed by atoms with Crippen LogP contribution in [-0.2, 0) is 9.59 Å². The normalized spacial score (nSPS) is 14.5. The molecule has 2 atom stereocenters. The number of carbonyl (C=O) groups excluding carboxylic acids is 2. The van der Waals surface area contributed by atoms with Gasteiger partial charge in [0.2, 0.25) is 12.2 Å². The van der Waals surface area contributed by atoms with Crippen LogP contribution in [0.4, 0.5) is 8.78 Å². The molecule has 0 aliphatic rings. The van der Waals surface area contributed by atoms with Gasteiger partial charge in [-0.3, -0.25) is 9.59 Å². The number of aliphatic hydroxyl groups excluding tert-OH is 1. The first-order valence-electron chi connectivity index (χ1n) is 7.34. The first-order chi connectivity index (χ1) is 9.99. The van der Waals surface area contributed by atoms with Gasteiger partial charge < -0.3 is 10.8 Å². The van der Waals surface area contributed by atoms with E-state index in [1.165, 1.54) is 0 Å². The van der Waals surface area contributed by atoms with E-state index in [0.717, 1.165) is 25.7 Å². The van der Waals surface area contributed by atoms with Crippen molar-refractivity contribution in [1.29, 1.82) is 0 Å². The molecule has 122 valence electrons. The average Bonchev–Trinajstić information content (AvgIpc) is 2.46. The summed E-state index contributed by atoms with van der Waals surface area (Å²) in [5, 5.41) is 9.56. The zero-order valence-electron chi connectivity index (χ0n) is 12.2. The van der Waals surface area contributed by atoms with Crippen molar-refractivity contribution in [3.63, 3.8) is 0 Å². The molecule has 0 spiro atoms. The molecular formula is C15H25F2NO3. The van der Waals surface area contributed by atoms with E-state index >= 15 is 0 Å². The maximum atomic E-state index is 11.9.